The number of nitrogens with two attached hydrogens (primary N) is 2. The van der Waals surface area contributed by atoms with E-state index in [0.29, 0.717) is 12.1 Å². The first-order valence-electron chi connectivity index (χ1n) is 5.52. The maximum absolute atomic E-state index is 11.7. The molecule has 0 radical (unpaired) electrons. The van der Waals surface area contributed by atoms with E-state index < -0.39 is 10.0 Å². The number of primary sulfonamides is 1. The van der Waals surface area contributed by atoms with Gasteiger partial charge in [0.1, 0.15) is 0 Å². The number of rotatable bonds is 5. The second-order valence-electron chi connectivity index (χ2n) is 3.90. The molecule has 1 aromatic rings. The predicted molar refractivity (Wildman–Crippen MR) is 69.3 cm³/mol. The summed E-state index contributed by atoms with van der Waals surface area (Å²) in [6.45, 7) is 2.15. The van der Waals surface area contributed by atoms with Gasteiger partial charge in [0.25, 0.3) is 0 Å². The smallest absolute Gasteiger partial charge is 0.238 e. The summed E-state index contributed by atoms with van der Waals surface area (Å²) in [6, 6.07) is 5.66. The highest BCUT2D eigenvalue weighted by Crippen LogP contribution is 2.14. The standard InChI is InChI=1S/C11H17N3O3S/c1-2-8(7-12)11(15)14-9-3-5-10(6-4-9)18(13,16)17/h3-6,8H,2,7,12H2,1H3,(H,14,15)(H2,13,16,17). The van der Waals surface area contributed by atoms with Crippen molar-refractivity contribution >= 4 is 21.6 Å². The highest BCUT2D eigenvalue weighted by Gasteiger charge is 2.14. The molecule has 1 unspecified atom stereocenters. The number of amides is 1. The maximum atomic E-state index is 11.7. The van der Waals surface area contributed by atoms with Crippen LogP contribution in [0.15, 0.2) is 29.2 Å². The number of nitrogens with one attached hydrogen (secondary N) is 1. The molecule has 1 rings (SSSR count). The summed E-state index contributed by atoms with van der Waals surface area (Å²) in [5.41, 5.74) is 5.98. The molecule has 1 amide bonds. The molecule has 0 fully saturated rings. The highest BCUT2D eigenvalue weighted by molar-refractivity contribution is 7.89. The summed E-state index contributed by atoms with van der Waals surface area (Å²) in [6.07, 6.45) is 0.650. The fourth-order valence-corrected chi connectivity index (χ4v) is 1.95. The van der Waals surface area contributed by atoms with E-state index in [1.807, 2.05) is 6.92 Å². The number of carbonyl (C=O) groups is 1. The third-order valence-corrected chi connectivity index (χ3v) is 3.53. The minimum atomic E-state index is -3.71. The van der Waals surface area contributed by atoms with Crippen LogP contribution in [0, 0.1) is 5.92 Å². The second-order valence-corrected chi connectivity index (χ2v) is 5.46. The van der Waals surface area contributed by atoms with Gasteiger partial charge in [-0.2, -0.15) is 0 Å². The zero-order valence-corrected chi connectivity index (χ0v) is 10.9. The lowest BCUT2D eigenvalue weighted by Crippen LogP contribution is -2.28. The van der Waals surface area contributed by atoms with Crippen LogP contribution in [0.2, 0.25) is 0 Å². The van der Waals surface area contributed by atoms with E-state index in [-0.39, 0.29) is 23.3 Å². The van der Waals surface area contributed by atoms with Gasteiger partial charge >= 0.3 is 0 Å². The van der Waals surface area contributed by atoms with Crippen molar-refractivity contribution in [1.29, 1.82) is 0 Å². The lowest BCUT2D eigenvalue weighted by Gasteiger charge is -2.12. The molecule has 7 heteroatoms. The second kappa shape index (κ2) is 5.94. The molecule has 0 bridgehead atoms. The normalized spacial score (nSPS) is 13.1. The average molecular weight is 271 g/mol. The topological polar surface area (TPSA) is 115 Å². The van der Waals surface area contributed by atoms with Crippen molar-refractivity contribution in [3.05, 3.63) is 24.3 Å². The molecule has 0 spiro atoms. The number of benzene rings is 1. The molecule has 6 nitrogen and oxygen atoms in total. The van der Waals surface area contributed by atoms with Crippen molar-refractivity contribution in [1.82, 2.24) is 0 Å². The van der Waals surface area contributed by atoms with Gasteiger partial charge in [-0.25, -0.2) is 13.6 Å². The first kappa shape index (κ1) is 14.6. The van der Waals surface area contributed by atoms with Gasteiger partial charge < -0.3 is 11.1 Å². The lowest BCUT2D eigenvalue weighted by molar-refractivity contribution is -0.119. The van der Waals surface area contributed by atoms with Gasteiger partial charge in [0, 0.05) is 12.2 Å². The first-order chi connectivity index (χ1) is 8.38. The maximum Gasteiger partial charge on any atom is 0.238 e. The molecular formula is C11H17N3O3S. The SMILES string of the molecule is CCC(CN)C(=O)Nc1ccc(S(N)(=O)=O)cc1. The van der Waals surface area contributed by atoms with E-state index in [2.05, 4.69) is 5.32 Å². The van der Waals surface area contributed by atoms with E-state index in [1.165, 1.54) is 24.3 Å². The monoisotopic (exact) mass is 271 g/mol. The van der Waals surface area contributed by atoms with Crippen LogP contribution in [0.4, 0.5) is 5.69 Å². The number of hydrogen-bond donors (Lipinski definition) is 3. The number of sulfonamides is 1. The minimum Gasteiger partial charge on any atom is -0.330 e. The van der Waals surface area contributed by atoms with Gasteiger partial charge in [0.05, 0.1) is 10.8 Å². The molecule has 100 valence electrons. The molecule has 0 aliphatic rings. The van der Waals surface area contributed by atoms with Crippen LogP contribution in [0.1, 0.15) is 13.3 Å². The molecule has 0 saturated carbocycles. The van der Waals surface area contributed by atoms with E-state index >= 15 is 0 Å². The Bertz CT molecular complexity index is 507. The van der Waals surface area contributed by atoms with Gasteiger partial charge in [-0.3, -0.25) is 4.79 Å². The summed E-state index contributed by atoms with van der Waals surface area (Å²) in [5.74, 6) is -0.425. The van der Waals surface area contributed by atoms with Crippen LogP contribution in [0.25, 0.3) is 0 Å². The lowest BCUT2D eigenvalue weighted by atomic mass is 10.1. The Hall–Kier alpha value is -1.44. The van der Waals surface area contributed by atoms with Crippen molar-refractivity contribution in [3.63, 3.8) is 0 Å². The van der Waals surface area contributed by atoms with E-state index in [4.69, 9.17) is 10.9 Å². The molecule has 5 N–H and O–H groups in total. The largest absolute Gasteiger partial charge is 0.330 e. The Morgan fingerprint density at radius 2 is 1.89 bits per heavy atom. The van der Waals surface area contributed by atoms with Gasteiger partial charge in [0.2, 0.25) is 15.9 Å². The highest BCUT2D eigenvalue weighted by atomic mass is 32.2. The van der Waals surface area contributed by atoms with E-state index in [9.17, 15) is 13.2 Å². The average Bonchev–Trinajstić information content (AvgIpc) is 2.30. The fourth-order valence-electron chi connectivity index (χ4n) is 1.43. The zero-order chi connectivity index (χ0) is 13.8. The van der Waals surface area contributed by atoms with Gasteiger partial charge in [-0.05, 0) is 30.7 Å². The Morgan fingerprint density at radius 3 is 2.28 bits per heavy atom. The zero-order valence-electron chi connectivity index (χ0n) is 10.1. The summed E-state index contributed by atoms with van der Waals surface area (Å²) in [7, 11) is -3.71. The summed E-state index contributed by atoms with van der Waals surface area (Å²) in [5, 5.41) is 7.64. The van der Waals surface area contributed by atoms with Crippen LogP contribution >= 0.6 is 0 Å². The fraction of sp³-hybridized carbons (Fsp3) is 0.364. The molecule has 0 heterocycles. The van der Waals surface area contributed by atoms with Crippen LogP contribution in [0.3, 0.4) is 0 Å². The van der Waals surface area contributed by atoms with Crippen molar-refractivity contribution < 1.29 is 13.2 Å². The third-order valence-electron chi connectivity index (χ3n) is 2.60. The molecule has 18 heavy (non-hydrogen) atoms. The van der Waals surface area contributed by atoms with Gasteiger partial charge in [0.15, 0.2) is 0 Å². The molecule has 0 aliphatic heterocycles. The van der Waals surface area contributed by atoms with Crippen molar-refractivity contribution in [2.75, 3.05) is 11.9 Å². The number of carbonyl (C=O) groups excluding carboxylic acids is 1. The van der Waals surface area contributed by atoms with E-state index in [1.54, 1.807) is 0 Å². The van der Waals surface area contributed by atoms with Crippen LogP contribution < -0.4 is 16.2 Å². The molecule has 0 aromatic heterocycles. The van der Waals surface area contributed by atoms with Crippen LogP contribution in [0.5, 0.6) is 0 Å². The van der Waals surface area contributed by atoms with Gasteiger partial charge in [-0.1, -0.05) is 6.92 Å². The Morgan fingerprint density at radius 1 is 1.33 bits per heavy atom. The molecule has 1 aromatic carbocycles. The van der Waals surface area contributed by atoms with E-state index in [0.717, 1.165) is 0 Å². The first-order valence-corrected chi connectivity index (χ1v) is 7.07. The quantitative estimate of drug-likeness (QED) is 0.712. The summed E-state index contributed by atoms with van der Waals surface area (Å²) >= 11 is 0. The molecule has 0 saturated heterocycles. The van der Waals surface area contributed by atoms with Crippen LogP contribution in [-0.2, 0) is 14.8 Å². The van der Waals surface area contributed by atoms with Crippen molar-refractivity contribution in [2.45, 2.75) is 18.2 Å². The molecular weight excluding hydrogens is 254 g/mol. The molecule has 1 atom stereocenters. The predicted octanol–water partition coefficient (Wildman–Crippen LogP) is 0.257. The summed E-state index contributed by atoms with van der Waals surface area (Å²) in [4.78, 5) is 11.7. The summed E-state index contributed by atoms with van der Waals surface area (Å²) < 4.78 is 22.1. The number of anilines is 1. The van der Waals surface area contributed by atoms with Gasteiger partial charge in [-0.15, -0.1) is 0 Å². The minimum absolute atomic E-state index is 0.00589. The molecule has 0 aliphatic carbocycles. The Kier molecular flexibility index (Phi) is 4.83. The van der Waals surface area contributed by atoms with Crippen molar-refractivity contribution in [2.24, 2.45) is 16.8 Å². The Balaban J connectivity index is 2.79. The Labute approximate surface area is 106 Å². The third kappa shape index (κ3) is 3.80. The number of hydrogen-bond acceptors (Lipinski definition) is 4. The van der Waals surface area contributed by atoms with Crippen molar-refractivity contribution in [3.8, 4) is 0 Å². The van der Waals surface area contributed by atoms with Crippen LogP contribution in [-0.4, -0.2) is 20.9 Å².